The predicted octanol–water partition coefficient (Wildman–Crippen LogP) is 5.49. The second kappa shape index (κ2) is 12.0. The molecule has 0 heterocycles. The van der Waals surface area contributed by atoms with Crippen molar-refractivity contribution in [1.29, 1.82) is 0 Å². The van der Waals surface area contributed by atoms with Crippen LogP contribution in [0.2, 0.25) is 0 Å². The highest BCUT2D eigenvalue weighted by molar-refractivity contribution is 5.84. The highest BCUT2D eigenvalue weighted by Crippen LogP contribution is 2.40. The summed E-state index contributed by atoms with van der Waals surface area (Å²) in [5.41, 5.74) is 2.21. The van der Waals surface area contributed by atoms with Crippen molar-refractivity contribution in [3.63, 3.8) is 0 Å². The Bertz CT molecular complexity index is 608. The monoisotopic (exact) mass is 388 g/mol. The molecular formula is C24H36O4. The van der Waals surface area contributed by atoms with Gasteiger partial charge < -0.3 is 9.84 Å². The lowest BCUT2D eigenvalue weighted by Gasteiger charge is -2.20. The largest absolute Gasteiger partial charge is 0.469 e. The highest BCUT2D eigenvalue weighted by atomic mass is 16.5. The van der Waals surface area contributed by atoms with Crippen LogP contribution in [-0.2, 0) is 14.3 Å². The van der Waals surface area contributed by atoms with Crippen LogP contribution in [0.5, 0.6) is 0 Å². The number of esters is 1. The van der Waals surface area contributed by atoms with Crippen LogP contribution in [0.3, 0.4) is 0 Å². The van der Waals surface area contributed by atoms with Gasteiger partial charge in [-0.25, -0.2) is 0 Å². The van der Waals surface area contributed by atoms with Crippen LogP contribution in [-0.4, -0.2) is 24.0 Å². The van der Waals surface area contributed by atoms with Crippen molar-refractivity contribution in [3.8, 4) is 0 Å². The summed E-state index contributed by atoms with van der Waals surface area (Å²) in [5.74, 6) is 0.682. The van der Waals surface area contributed by atoms with E-state index < -0.39 is 0 Å². The van der Waals surface area contributed by atoms with Gasteiger partial charge in [0, 0.05) is 18.8 Å². The molecule has 0 saturated heterocycles. The SMILES string of the molecule is CCCCC(O)c1ccc(C2CCC(=O)C2CCCCCCC(=O)OC)cc1. The maximum atomic E-state index is 12.4. The van der Waals surface area contributed by atoms with E-state index in [0.717, 1.165) is 63.4 Å². The first-order valence-corrected chi connectivity index (χ1v) is 10.9. The molecule has 1 aromatic carbocycles. The number of hydrogen-bond acceptors (Lipinski definition) is 4. The Morgan fingerprint density at radius 3 is 2.54 bits per heavy atom. The number of rotatable bonds is 12. The molecule has 2 rings (SSSR count). The van der Waals surface area contributed by atoms with Gasteiger partial charge in [0.05, 0.1) is 13.2 Å². The smallest absolute Gasteiger partial charge is 0.305 e. The molecule has 156 valence electrons. The van der Waals surface area contributed by atoms with E-state index in [2.05, 4.69) is 23.8 Å². The molecular weight excluding hydrogens is 352 g/mol. The Balaban J connectivity index is 1.83. The van der Waals surface area contributed by atoms with Crippen LogP contribution in [0.25, 0.3) is 0 Å². The molecule has 1 aliphatic carbocycles. The van der Waals surface area contributed by atoms with Crippen LogP contribution < -0.4 is 0 Å². The Hall–Kier alpha value is -1.68. The summed E-state index contributed by atoms with van der Waals surface area (Å²) in [6.45, 7) is 2.13. The van der Waals surface area contributed by atoms with E-state index in [0.29, 0.717) is 24.5 Å². The third-order valence-corrected chi connectivity index (χ3v) is 6.06. The third kappa shape index (κ3) is 6.73. The third-order valence-electron chi connectivity index (χ3n) is 6.06. The van der Waals surface area contributed by atoms with E-state index in [1.807, 2.05) is 12.1 Å². The van der Waals surface area contributed by atoms with Crippen LogP contribution in [0.4, 0.5) is 0 Å². The van der Waals surface area contributed by atoms with E-state index in [1.165, 1.54) is 12.7 Å². The van der Waals surface area contributed by atoms with Gasteiger partial charge in [-0.05, 0) is 42.7 Å². The van der Waals surface area contributed by atoms with E-state index in [1.54, 1.807) is 0 Å². The second-order valence-corrected chi connectivity index (χ2v) is 8.07. The zero-order valence-electron chi connectivity index (χ0n) is 17.5. The number of carbonyl (C=O) groups excluding carboxylic acids is 2. The first-order chi connectivity index (χ1) is 13.6. The van der Waals surface area contributed by atoms with Gasteiger partial charge in [-0.1, -0.05) is 63.3 Å². The van der Waals surface area contributed by atoms with E-state index in [9.17, 15) is 14.7 Å². The second-order valence-electron chi connectivity index (χ2n) is 8.07. The molecule has 1 aliphatic rings. The minimum absolute atomic E-state index is 0.122. The fourth-order valence-electron chi connectivity index (χ4n) is 4.29. The Morgan fingerprint density at radius 1 is 1.14 bits per heavy atom. The fourth-order valence-corrected chi connectivity index (χ4v) is 4.29. The van der Waals surface area contributed by atoms with Crippen molar-refractivity contribution in [1.82, 2.24) is 0 Å². The van der Waals surface area contributed by atoms with Crippen LogP contribution in [0.1, 0.15) is 101 Å². The number of aliphatic hydroxyl groups excluding tert-OH is 1. The van der Waals surface area contributed by atoms with Gasteiger partial charge in [0.1, 0.15) is 5.78 Å². The van der Waals surface area contributed by atoms with Crippen LogP contribution >= 0.6 is 0 Å². The number of Topliss-reactive ketones (excluding diaryl/α,β-unsaturated/α-hetero) is 1. The summed E-state index contributed by atoms with van der Waals surface area (Å²) in [5, 5.41) is 10.3. The predicted molar refractivity (Wildman–Crippen MR) is 111 cm³/mol. The van der Waals surface area contributed by atoms with Crippen molar-refractivity contribution >= 4 is 11.8 Å². The fraction of sp³-hybridized carbons (Fsp3) is 0.667. The minimum Gasteiger partial charge on any atom is -0.469 e. The van der Waals surface area contributed by atoms with Gasteiger partial charge in [0.15, 0.2) is 0 Å². The highest BCUT2D eigenvalue weighted by Gasteiger charge is 2.34. The summed E-state index contributed by atoms with van der Waals surface area (Å²) in [6, 6.07) is 8.28. The molecule has 0 aromatic heterocycles. The number of ether oxygens (including phenoxy) is 1. The molecule has 0 aliphatic heterocycles. The number of hydrogen-bond donors (Lipinski definition) is 1. The topological polar surface area (TPSA) is 63.6 Å². The van der Waals surface area contributed by atoms with Gasteiger partial charge in [-0.15, -0.1) is 0 Å². The van der Waals surface area contributed by atoms with Crippen LogP contribution in [0, 0.1) is 5.92 Å². The summed E-state index contributed by atoms with van der Waals surface area (Å²) in [4.78, 5) is 23.5. The maximum Gasteiger partial charge on any atom is 0.305 e. The Kier molecular flexibility index (Phi) is 9.69. The number of unbranched alkanes of at least 4 members (excludes halogenated alkanes) is 4. The molecule has 3 unspecified atom stereocenters. The molecule has 4 heteroatoms. The lowest BCUT2D eigenvalue weighted by molar-refractivity contribution is -0.140. The number of aliphatic hydroxyl groups is 1. The zero-order valence-corrected chi connectivity index (χ0v) is 17.5. The minimum atomic E-state index is -0.389. The van der Waals surface area contributed by atoms with Crippen molar-refractivity contribution in [2.24, 2.45) is 5.92 Å². The summed E-state index contributed by atoms with van der Waals surface area (Å²) < 4.78 is 4.66. The molecule has 1 N–H and O–H groups in total. The standard InChI is InChI=1S/C24H36O4/c1-3-4-10-22(25)19-14-12-18(13-15-19)20-16-17-23(26)21(20)9-7-5-6-8-11-24(27)28-2/h12-15,20-22,25H,3-11,16-17H2,1-2H3. The first kappa shape index (κ1) is 22.6. The lowest BCUT2D eigenvalue weighted by Crippen LogP contribution is -2.13. The summed E-state index contributed by atoms with van der Waals surface area (Å²) in [6.07, 6.45) is 9.50. The summed E-state index contributed by atoms with van der Waals surface area (Å²) >= 11 is 0. The van der Waals surface area contributed by atoms with E-state index >= 15 is 0 Å². The van der Waals surface area contributed by atoms with Gasteiger partial charge in [0.25, 0.3) is 0 Å². The molecule has 1 fully saturated rings. The molecule has 3 atom stereocenters. The molecule has 0 amide bonds. The molecule has 1 aromatic rings. The number of carbonyl (C=O) groups is 2. The van der Waals surface area contributed by atoms with Crippen molar-refractivity contribution < 1.29 is 19.4 Å². The van der Waals surface area contributed by atoms with Crippen molar-refractivity contribution in [2.45, 2.75) is 89.6 Å². The van der Waals surface area contributed by atoms with Gasteiger partial charge in [0.2, 0.25) is 0 Å². The lowest BCUT2D eigenvalue weighted by atomic mass is 9.84. The maximum absolute atomic E-state index is 12.4. The average Bonchev–Trinajstić information content (AvgIpc) is 3.09. The first-order valence-electron chi connectivity index (χ1n) is 10.9. The molecule has 4 nitrogen and oxygen atoms in total. The van der Waals surface area contributed by atoms with Gasteiger partial charge in [-0.2, -0.15) is 0 Å². The average molecular weight is 389 g/mol. The van der Waals surface area contributed by atoms with Gasteiger partial charge in [-0.3, -0.25) is 9.59 Å². The van der Waals surface area contributed by atoms with Gasteiger partial charge >= 0.3 is 5.97 Å². The summed E-state index contributed by atoms with van der Waals surface area (Å²) in [7, 11) is 1.42. The Morgan fingerprint density at radius 2 is 1.86 bits per heavy atom. The molecule has 0 bridgehead atoms. The van der Waals surface area contributed by atoms with Crippen molar-refractivity contribution in [3.05, 3.63) is 35.4 Å². The molecule has 0 spiro atoms. The normalized spacial score (nSPS) is 20.3. The molecule has 1 saturated carbocycles. The van der Waals surface area contributed by atoms with E-state index in [-0.39, 0.29) is 18.0 Å². The molecule has 28 heavy (non-hydrogen) atoms. The Labute approximate surface area is 169 Å². The number of methoxy groups -OCH3 is 1. The number of ketones is 1. The molecule has 0 radical (unpaired) electrons. The quantitative estimate of drug-likeness (QED) is 0.380. The van der Waals surface area contributed by atoms with E-state index in [4.69, 9.17) is 0 Å². The number of benzene rings is 1. The van der Waals surface area contributed by atoms with Crippen LogP contribution in [0.15, 0.2) is 24.3 Å². The van der Waals surface area contributed by atoms with Crippen molar-refractivity contribution in [2.75, 3.05) is 7.11 Å². The zero-order chi connectivity index (χ0) is 20.4.